The number of nitrogens with one attached hydrogen (secondary N) is 1. The van der Waals surface area contributed by atoms with Gasteiger partial charge in [0.25, 0.3) is 0 Å². The van der Waals surface area contributed by atoms with Gasteiger partial charge in [0.15, 0.2) is 0 Å². The minimum absolute atomic E-state index is 0.220. The van der Waals surface area contributed by atoms with E-state index in [1.54, 1.807) is 0 Å². The third-order valence-electron chi connectivity index (χ3n) is 3.39. The number of esters is 1. The first-order valence-corrected chi connectivity index (χ1v) is 7.03. The predicted molar refractivity (Wildman–Crippen MR) is 81.4 cm³/mol. The summed E-state index contributed by atoms with van der Waals surface area (Å²) in [6.07, 6.45) is 0. The Kier molecular flexibility index (Phi) is 4.14. The average Bonchev–Trinajstić information content (AvgIpc) is 2.95. The Bertz CT molecular complexity index is 711. The largest absolute Gasteiger partial charge is 0.460 e. The lowest BCUT2D eigenvalue weighted by molar-refractivity contribution is 0.0513. The van der Waals surface area contributed by atoms with Crippen molar-refractivity contribution in [3.8, 4) is 0 Å². The molecule has 0 saturated carbocycles. The number of fused-ring (bicyclic) bond motifs is 1. The molecule has 2 aromatic rings. The number of benzene rings is 2. The summed E-state index contributed by atoms with van der Waals surface area (Å²) in [4.78, 5) is 16.2. The zero-order valence-electron chi connectivity index (χ0n) is 11.9. The van der Waals surface area contributed by atoms with E-state index in [-0.39, 0.29) is 12.4 Å². The molecule has 0 saturated heterocycles. The fraction of sp³-hybridized carbons (Fsp3) is 0.176. The molecule has 0 aromatic heterocycles. The number of hydrogen-bond acceptors (Lipinski definition) is 4. The van der Waals surface area contributed by atoms with E-state index < -0.39 is 5.97 Å². The number of ether oxygens (including phenoxy) is 1. The molecule has 0 atom stereocenters. The molecule has 1 heterocycles. The molecule has 22 heavy (non-hydrogen) atoms. The maximum Gasteiger partial charge on any atom is 0.338 e. The van der Waals surface area contributed by atoms with Crippen molar-refractivity contribution in [3.05, 3.63) is 71.0 Å². The Morgan fingerprint density at radius 3 is 2.77 bits per heavy atom. The van der Waals surface area contributed by atoms with E-state index in [0.717, 1.165) is 11.4 Å². The first kappa shape index (κ1) is 14.3. The first-order valence-electron chi connectivity index (χ1n) is 7.03. The molecule has 0 amide bonds. The minimum Gasteiger partial charge on any atom is -0.460 e. The van der Waals surface area contributed by atoms with Gasteiger partial charge in [0.2, 0.25) is 0 Å². The fourth-order valence-electron chi connectivity index (χ4n) is 2.27. The van der Waals surface area contributed by atoms with Gasteiger partial charge in [-0.2, -0.15) is 0 Å². The maximum atomic E-state index is 12.8. The number of nitrogens with zero attached hydrogens (tertiary/aromatic N) is 1. The normalized spacial score (nSPS) is 12.5. The Labute approximate surface area is 127 Å². The van der Waals surface area contributed by atoms with E-state index in [9.17, 15) is 9.18 Å². The Hall–Kier alpha value is -2.69. The van der Waals surface area contributed by atoms with Crippen LogP contribution in [0, 0.1) is 5.82 Å². The number of amidine groups is 1. The van der Waals surface area contributed by atoms with Crippen LogP contribution >= 0.6 is 0 Å². The van der Waals surface area contributed by atoms with Crippen LogP contribution in [0.15, 0.2) is 53.5 Å². The lowest BCUT2D eigenvalue weighted by Crippen LogP contribution is -2.27. The standard InChI is InChI=1S/C17H15FN2O2/c18-14-7-5-12(6-8-14)17(21)22-10-9-19-16-15-4-2-1-3-13(15)11-20-16/h1-8H,9-11H2,(H,19,20). The zero-order chi connectivity index (χ0) is 15.4. The summed E-state index contributed by atoms with van der Waals surface area (Å²) in [5.74, 6) is -0.0138. The van der Waals surface area contributed by atoms with Crippen LogP contribution in [0.5, 0.6) is 0 Å². The summed E-state index contributed by atoms with van der Waals surface area (Å²) in [6, 6.07) is 13.3. The summed E-state index contributed by atoms with van der Waals surface area (Å²) in [6.45, 7) is 1.37. The molecule has 2 aromatic carbocycles. The molecule has 1 N–H and O–H groups in total. The molecule has 0 fully saturated rings. The van der Waals surface area contributed by atoms with E-state index in [1.807, 2.05) is 24.3 Å². The molecule has 0 unspecified atom stereocenters. The van der Waals surface area contributed by atoms with Crippen molar-refractivity contribution < 1.29 is 13.9 Å². The summed E-state index contributed by atoms with van der Waals surface area (Å²) in [7, 11) is 0. The molecule has 112 valence electrons. The van der Waals surface area contributed by atoms with Gasteiger partial charge in [-0.3, -0.25) is 4.99 Å². The molecule has 4 nitrogen and oxygen atoms in total. The molecule has 1 aliphatic heterocycles. The van der Waals surface area contributed by atoms with Crippen LogP contribution in [0.4, 0.5) is 4.39 Å². The lowest BCUT2D eigenvalue weighted by atomic mass is 10.1. The predicted octanol–water partition coefficient (Wildman–Crippen LogP) is 2.53. The average molecular weight is 298 g/mol. The van der Waals surface area contributed by atoms with Crippen molar-refractivity contribution in [2.24, 2.45) is 4.99 Å². The lowest BCUT2D eigenvalue weighted by Gasteiger charge is -2.08. The van der Waals surface area contributed by atoms with Crippen molar-refractivity contribution in [2.75, 3.05) is 13.2 Å². The van der Waals surface area contributed by atoms with Crippen molar-refractivity contribution in [2.45, 2.75) is 6.54 Å². The Balaban J connectivity index is 1.47. The summed E-state index contributed by atoms with van der Waals surface area (Å²) < 4.78 is 17.9. The van der Waals surface area contributed by atoms with Crippen LogP contribution < -0.4 is 5.32 Å². The van der Waals surface area contributed by atoms with Gasteiger partial charge in [-0.1, -0.05) is 24.3 Å². The van der Waals surface area contributed by atoms with Gasteiger partial charge in [-0.15, -0.1) is 0 Å². The smallest absolute Gasteiger partial charge is 0.338 e. The third kappa shape index (κ3) is 3.14. The zero-order valence-corrected chi connectivity index (χ0v) is 11.9. The van der Waals surface area contributed by atoms with Crippen molar-refractivity contribution >= 4 is 11.8 Å². The van der Waals surface area contributed by atoms with Crippen LogP contribution in [-0.4, -0.2) is 25.0 Å². The molecule has 0 aliphatic carbocycles. The Morgan fingerprint density at radius 2 is 1.95 bits per heavy atom. The Morgan fingerprint density at radius 1 is 1.18 bits per heavy atom. The second-order valence-electron chi connectivity index (χ2n) is 4.89. The SMILES string of the molecule is O=C(OCCNC1=NCc2ccccc21)c1ccc(F)cc1. The van der Waals surface area contributed by atoms with Gasteiger partial charge >= 0.3 is 5.97 Å². The second-order valence-corrected chi connectivity index (χ2v) is 4.89. The number of carbonyl (C=O) groups is 1. The van der Waals surface area contributed by atoms with Gasteiger partial charge in [0.1, 0.15) is 18.3 Å². The first-order chi connectivity index (χ1) is 10.7. The molecule has 0 radical (unpaired) electrons. The highest BCUT2D eigenvalue weighted by molar-refractivity contribution is 6.01. The molecular formula is C17H15FN2O2. The van der Waals surface area contributed by atoms with Gasteiger partial charge in [0.05, 0.1) is 18.7 Å². The number of carbonyl (C=O) groups excluding carboxylic acids is 1. The van der Waals surface area contributed by atoms with Crippen LogP contribution in [0.25, 0.3) is 0 Å². The monoisotopic (exact) mass is 298 g/mol. The summed E-state index contributed by atoms with van der Waals surface area (Å²) >= 11 is 0. The van der Waals surface area contributed by atoms with Crippen molar-refractivity contribution in [3.63, 3.8) is 0 Å². The number of halogens is 1. The highest BCUT2D eigenvalue weighted by atomic mass is 19.1. The molecule has 1 aliphatic rings. The maximum absolute atomic E-state index is 12.8. The van der Waals surface area contributed by atoms with Crippen LogP contribution in [0.1, 0.15) is 21.5 Å². The molecule has 5 heteroatoms. The van der Waals surface area contributed by atoms with Crippen molar-refractivity contribution in [1.82, 2.24) is 5.32 Å². The summed E-state index contributed by atoms with van der Waals surface area (Å²) in [5.41, 5.74) is 2.62. The van der Waals surface area contributed by atoms with E-state index in [0.29, 0.717) is 18.7 Å². The van der Waals surface area contributed by atoms with Gasteiger partial charge in [-0.05, 0) is 29.8 Å². The molecule has 0 bridgehead atoms. The number of rotatable bonds is 4. The minimum atomic E-state index is -0.462. The van der Waals surface area contributed by atoms with Gasteiger partial charge < -0.3 is 10.1 Å². The molecule has 0 spiro atoms. The fourth-order valence-corrected chi connectivity index (χ4v) is 2.27. The van der Waals surface area contributed by atoms with E-state index in [4.69, 9.17) is 4.74 Å². The van der Waals surface area contributed by atoms with E-state index in [2.05, 4.69) is 10.3 Å². The topological polar surface area (TPSA) is 50.7 Å². The molecule has 3 rings (SSSR count). The number of aliphatic imine (C=N–C) groups is 1. The van der Waals surface area contributed by atoms with Gasteiger partial charge in [-0.25, -0.2) is 9.18 Å². The second kappa shape index (κ2) is 6.39. The van der Waals surface area contributed by atoms with Crippen LogP contribution in [0.2, 0.25) is 0 Å². The summed E-state index contributed by atoms with van der Waals surface area (Å²) in [5, 5.41) is 3.17. The van der Waals surface area contributed by atoms with Crippen LogP contribution in [0.3, 0.4) is 0 Å². The third-order valence-corrected chi connectivity index (χ3v) is 3.39. The van der Waals surface area contributed by atoms with E-state index in [1.165, 1.54) is 29.8 Å². The quantitative estimate of drug-likeness (QED) is 0.697. The molecular weight excluding hydrogens is 283 g/mol. The van der Waals surface area contributed by atoms with Crippen LogP contribution in [-0.2, 0) is 11.3 Å². The van der Waals surface area contributed by atoms with Gasteiger partial charge in [0, 0.05) is 5.56 Å². The van der Waals surface area contributed by atoms with E-state index >= 15 is 0 Å². The van der Waals surface area contributed by atoms with Crippen molar-refractivity contribution in [1.29, 1.82) is 0 Å². The highest BCUT2D eigenvalue weighted by Gasteiger charge is 2.14. The highest BCUT2D eigenvalue weighted by Crippen LogP contribution is 2.16. The number of hydrogen-bond donors (Lipinski definition) is 1.